The van der Waals surface area contributed by atoms with Gasteiger partial charge in [0.15, 0.2) is 0 Å². The fourth-order valence-corrected chi connectivity index (χ4v) is 2.58. The summed E-state index contributed by atoms with van der Waals surface area (Å²) in [4.78, 5) is 11.1. The van der Waals surface area contributed by atoms with Gasteiger partial charge in [-0.3, -0.25) is 0 Å². The zero-order valence-corrected chi connectivity index (χ0v) is 13.1. The smallest absolute Gasteiger partial charge is 0.147 e. The highest BCUT2D eigenvalue weighted by Crippen LogP contribution is 2.25. The first-order chi connectivity index (χ1) is 11.9. The van der Waals surface area contributed by atoms with Crippen LogP contribution in [-0.2, 0) is 11.3 Å². The average molecular weight is 315 g/mol. The van der Waals surface area contributed by atoms with Crippen LogP contribution in [0.2, 0.25) is 0 Å². The monoisotopic (exact) mass is 315 g/mol. The molecule has 3 aromatic rings. The minimum Gasteiger partial charge on any atom is -0.487 e. The lowest BCUT2D eigenvalue weighted by molar-refractivity contribution is 0.208. The Morgan fingerprint density at radius 2 is 1.75 bits per heavy atom. The Hall–Kier alpha value is -3.27. The van der Waals surface area contributed by atoms with Crippen LogP contribution in [0.3, 0.4) is 0 Å². The second-order valence-corrected chi connectivity index (χ2v) is 5.52. The number of ether oxygens (including phenoxy) is 1. The summed E-state index contributed by atoms with van der Waals surface area (Å²) in [5.41, 5.74) is 4.80. The van der Waals surface area contributed by atoms with Gasteiger partial charge in [0.05, 0.1) is 11.4 Å². The van der Waals surface area contributed by atoms with Crippen LogP contribution in [0.1, 0.15) is 17.0 Å². The van der Waals surface area contributed by atoms with Crippen LogP contribution in [0.4, 0.5) is 0 Å². The van der Waals surface area contributed by atoms with E-state index in [1.165, 1.54) is 0 Å². The molecule has 0 atom stereocenters. The molecule has 2 aromatic heterocycles. The molecule has 4 rings (SSSR count). The Balaban J connectivity index is 1.61. The van der Waals surface area contributed by atoms with Crippen LogP contribution in [0.25, 0.3) is 6.08 Å². The molecule has 0 fully saturated rings. The van der Waals surface area contributed by atoms with Crippen LogP contribution in [0.15, 0.2) is 89.5 Å². The summed E-state index contributed by atoms with van der Waals surface area (Å²) in [6.07, 6.45) is 7.75. The molecular formula is C20H17N3O. The van der Waals surface area contributed by atoms with Gasteiger partial charge in [-0.2, -0.15) is 0 Å². The predicted octanol–water partition coefficient (Wildman–Crippen LogP) is 4.29. The van der Waals surface area contributed by atoms with Gasteiger partial charge in [0.1, 0.15) is 18.1 Å². The first-order valence-corrected chi connectivity index (χ1v) is 7.85. The number of nitrogens with one attached hydrogen (secondary N) is 2. The zero-order valence-electron chi connectivity index (χ0n) is 13.1. The molecule has 0 aliphatic carbocycles. The van der Waals surface area contributed by atoms with Gasteiger partial charge >= 0.3 is 0 Å². The van der Waals surface area contributed by atoms with Gasteiger partial charge in [0.2, 0.25) is 0 Å². The van der Waals surface area contributed by atoms with E-state index in [4.69, 9.17) is 9.73 Å². The second-order valence-electron chi connectivity index (χ2n) is 5.52. The van der Waals surface area contributed by atoms with Crippen LogP contribution in [-0.4, -0.2) is 15.7 Å². The highest BCUT2D eigenvalue weighted by molar-refractivity contribution is 6.11. The number of rotatable bonds is 5. The third-order valence-corrected chi connectivity index (χ3v) is 3.79. The predicted molar refractivity (Wildman–Crippen MR) is 95.4 cm³/mol. The van der Waals surface area contributed by atoms with Crippen LogP contribution in [0.5, 0.6) is 0 Å². The summed E-state index contributed by atoms with van der Waals surface area (Å²) < 4.78 is 6.03. The van der Waals surface area contributed by atoms with Gasteiger partial charge in [-0.15, -0.1) is 0 Å². The number of H-pyrrole nitrogens is 2. The van der Waals surface area contributed by atoms with Gasteiger partial charge in [-0.05, 0) is 35.9 Å². The summed E-state index contributed by atoms with van der Waals surface area (Å²) in [7, 11) is 0. The highest BCUT2D eigenvalue weighted by atomic mass is 16.5. The van der Waals surface area contributed by atoms with E-state index in [-0.39, 0.29) is 0 Å². The largest absolute Gasteiger partial charge is 0.487 e. The summed E-state index contributed by atoms with van der Waals surface area (Å²) in [5.74, 6) is 0.776. The maximum absolute atomic E-state index is 6.03. The first kappa shape index (κ1) is 14.3. The molecule has 118 valence electrons. The van der Waals surface area contributed by atoms with E-state index in [2.05, 4.69) is 22.1 Å². The third kappa shape index (κ3) is 3.08. The summed E-state index contributed by atoms with van der Waals surface area (Å²) >= 11 is 0. The summed E-state index contributed by atoms with van der Waals surface area (Å²) in [6.45, 7) is 0.516. The van der Waals surface area contributed by atoms with Crippen LogP contribution >= 0.6 is 0 Å². The molecule has 0 radical (unpaired) electrons. The fourth-order valence-electron chi connectivity index (χ4n) is 2.58. The Kier molecular flexibility index (Phi) is 3.86. The fraction of sp³-hybridized carbons (Fsp3) is 0.0500. The number of hydrogen-bond acceptors (Lipinski definition) is 2. The van der Waals surface area contributed by atoms with Crippen molar-refractivity contribution >= 4 is 11.8 Å². The van der Waals surface area contributed by atoms with Gasteiger partial charge in [-0.25, -0.2) is 4.99 Å². The molecular weight excluding hydrogens is 298 g/mol. The quantitative estimate of drug-likeness (QED) is 0.725. The molecule has 2 N–H and O–H groups in total. The lowest BCUT2D eigenvalue weighted by Gasteiger charge is -2.07. The number of hydrogen-bond donors (Lipinski definition) is 2. The van der Waals surface area contributed by atoms with Crippen molar-refractivity contribution in [2.24, 2.45) is 4.99 Å². The van der Waals surface area contributed by atoms with Crippen molar-refractivity contribution < 1.29 is 4.74 Å². The number of aromatic nitrogens is 2. The molecule has 4 nitrogen and oxygen atoms in total. The van der Waals surface area contributed by atoms with Crippen molar-refractivity contribution in [1.82, 2.24) is 9.97 Å². The van der Waals surface area contributed by atoms with Gasteiger partial charge in [0.25, 0.3) is 0 Å². The Bertz CT molecular complexity index is 886. The molecule has 0 bridgehead atoms. The minimum atomic E-state index is 0.516. The van der Waals surface area contributed by atoms with Crippen molar-refractivity contribution in [3.05, 3.63) is 101 Å². The first-order valence-electron chi connectivity index (χ1n) is 7.85. The third-order valence-electron chi connectivity index (χ3n) is 3.79. The zero-order chi connectivity index (χ0) is 16.2. The number of aromatic amines is 2. The molecule has 3 heterocycles. The Labute approximate surface area is 140 Å². The van der Waals surface area contributed by atoms with E-state index in [0.29, 0.717) is 6.61 Å². The number of benzene rings is 1. The SMILES string of the molecule is C1=C(OCc2ccccc2)/C(=C\c2ccc[nH]2)N=C1c1ccc[nH]1. The summed E-state index contributed by atoms with van der Waals surface area (Å²) in [6, 6.07) is 18.1. The van der Waals surface area contributed by atoms with E-state index in [0.717, 1.165) is 34.1 Å². The van der Waals surface area contributed by atoms with Gasteiger partial charge in [-0.1, -0.05) is 30.3 Å². The van der Waals surface area contributed by atoms with E-state index in [1.807, 2.05) is 67.0 Å². The lowest BCUT2D eigenvalue weighted by atomic mass is 10.2. The molecule has 0 amide bonds. The molecule has 0 saturated carbocycles. The number of nitrogens with zero attached hydrogens (tertiary/aromatic N) is 1. The average Bonchev–Trinajstić information content (AvgIpc) is 3.36. The minimum absolute atomic E-state index is 0.516. The van der Waals surface area contributed by atoms with Crippen molar-refractivity contribution in [3.63, 3.8) is 0 Å². The Morgan fingerprint density at radius 3 is 2.50 bits per heavy atom. The highest BCUT2D eigenvalue weighted by Gasteiger charge is 2.18. The molecule has 1 aliphatic heterocycles. The molecule has 1 aliphatic rings. The molecule has 0 unspecified atom stereocenters. The maximum atomic E-state index is 6.03. The van der Waals surface area contributed by atoms with E-state index in [1.54, 1.807) is 0 Å². The second kappa shape index (κ2) is 6.46. The molecule has 1 aromatic carbocycles. The molecule has 24 heavy (non-hydrogen) atoms. The number of allylic oxidation sites excluding steroid dienone is 1. The normalized spacial score (nSPS) is 15.4. The topological polar surface area (TPSA) is 53.2 Å². The maximum Gasteiger partial charge on any atom is 0.147 e. The van der Waals surface area contributed by atoms with Crippen LogP contribution < -0.4 is 0 Å². The lowest BCUT2D eigenvalue weighted by Crippen LogP contribution is -1.95. The standard InChI is InChI=1S/C20H17N3O/c1-2-6-15(7-3-1)14-24-20-13-18(17-9-5-11-22-17)23-19(20)12-16-8-4-10-21-16/h1-13,21-22H,14H2/b19-12+. The van der Waals surface area contributed by atoms with Crippen molar-refractivity contribution in [1.29, 1.82) is 0 Å². The van der Waals surface area contributed by atoms with E-state index < -0.39 is 0 Å². The van der Waals surface area contributed by atoms with E-state index in [9.17, 15) is 0 Å². The van der Waals surface area contributed by atoms with Gasteiger partial charge < -0.3 is 14.7 Å². The molecule has 4 heteroatoms. The van der Waals surface area contributed by atoms with Gasteiger partial charge in [0, 0.05) is 24.2 Å². The van der Waals surface area contributed by atoms with Crippen molar-refractivity contribution in [3.8, 4) is 0 Å². The summed E-state index contributed by atoms with van der Waals surface area (Å²) in [5, 5.41) is 0. The molecule has 0 saturated heterocycles. The molecule has 0 spiro atoms. The number of aliphatic imine (C=N–C) groups is 1. The van der Waals surface area contributed by atoms with E-state index >= 15 is 0 Å². The Morgan fingerprint density at radius 1 is 0.917 bits per heavy atom. The van der Waals surface area contributed by atoms with Crippen molar-refractivity contribution in [2.75, 3.05) is 0 Å². The van der Waals surface area contributed by atoms with Crippen molar-refractivity contribution in [2.45, 2.75) is 6.61 Å². The van der Waals surface area contributed by atoms with Crippen LogP contribution in [0, 0.1) is 0 Å².